The summed E-state index contributed by atoms with van der Waals surface area (Å²) < 4.78 is 5.57. The Bertz CT molecular complexity index is 572. The third-order valence-electron chi connectivity index (χ3n) is 5.37. The van der Waals surface area contributed by atoms with E-state index >= 15 is 0 Å². The first kappa shape index (κ1) is 33.8. The molecule has 196 valence electrons. The lowest BCUT2D eigenvalue weighted by Crippen LogP contribution is -2.46. The van der Waals surface area contributed by atoms with Gasteiger partial charge in [0.1, 0.15) is 6.61 Å². The van der Waals surface area contributed by atoms with Gasteiger partial charge in [-0.3, -0.25) is 9.59 Å². The molecule has 0 saturated carbocycles. The second-order valence-corrected chi connectivity index (χ2v) is 11.4. The van der Waals surface area contributed by atoms with Gasteiger partial charge >= 0.3 is 5.97 Å². The van der Waals surface area contributed by atoms with Crippen molar-refractivity contribution < 1.29 is 19.4 Å². The van der Waals surface area contributed by atoms with Crippen molar-refractivity contribution in [3.63, 3.8) is 0 Å². The Morgan fingerprint density at radius 3 is 2.12 bits per heavy atom. The number of aliphatic hydroxyl groups excluding tert-OH is 1. The molecule has 0 bridgehead atoms. The molecule has 0 aromatic rings. The van der Waals surface area contributed by atoms with Gasteiger partial charge in [0.05, 0.1) is 11.0 Å². The molecule has 1 aliphatic heterocycles. The summed E-state index contributed by atoms with van der Waals surface area (Å²) in [5, 5.41) is 10.1. The van der Waals surface area contributed by atoms with Crippen LogP contribution in [-0.2, 0) is 14.3 Å². The van der Waals surface area contributed by atoms with Crippen LogP contribution in [0.25, 0.3) is 0 Å². The zero-order valence-corrected chi connectivity index (χ0v) is 23.6. The Hall–Kier alpha value is -1.36. The van der Waals surface area contributed by atoms with Gasteiger partial charge in [0.25, 0.3) is 0 Å². The molecule has 1 saturated heterocycles. The number of esters is 1. The molecule has 1 heterocycles. The molecule has 1 aliphatic rings. The second-order valence-electron chi connectivity index (χ2n) is 11.4. The molecule has 2 atom stereocenters. The quantitative estimate of drug-likeness (QED) is 0.276. The Balaban J connectivity index is 0. The van der Waals surface area contributed by atoms with Gasteiger partial charge < -0.3 is 15.2 Å². The van der Waals surface area contributed by atoms with Crippen LogP contribution >= 0.6 is 0 Å². The SMILES string of the molecule is CC(C)C.CCCC1(COC(=O)C(C)(C)C)C/C(=C\CCC(CC)CC(C)C)C(=O)N1.CO. The predicted octanol–water partition coefficient (Wildman–Crippen LogP) is 6.68. The Morgan fingerprint density at radius 2 is 1.70 bits per heavy atom. The van der Waals surface area contributed by atoms with E-state index in [0.717, 1.165) is 50.2 Å². The first-order valence-corrected chi connectivity index (χ1v) is 12.9. The zero-order chi connectivity index (χ0) is 26.2. The largest absolute Gasteiger partial charge is 0.463 e. The molecule has 1 amide bonds. The maximum atomic E-state index is 12.5. The van der Waals surface area contributed by atoms with Crippen LogP contribution < -0.4 is 5.32 Å². The van der Waals surface area contributed by atoms with Crippen molar-refractivity contribution in [2.24, 2.45) is 23.2 Å². The summed E-state index contributed by atoms with van der Waals surface area (Å²) in [4.78, 5) is 24.7. The van der Waals surface area contributed by atoms with E-state index in [1.165, 1.54) is 12.8 Å². The number of hydrogen-bond acceptors (Lipinski definition) is 4. The predicted molar refractivity (Wildman–Crippen MR) is 140 cm³/mol. The summed E-state index contributed by atoms with van der Waals surface area (Å²) in [5.74, 6) is 2.06. The molecular formula is C28H55NO4. The monoisotopic (exact) mass is 469 g/mol. The van der Waals surface area contributed by atoms with E-state index in [-0.39, 0.29) is 18.5 Å². The van der Waals surface area contributed by atoms with E-state index in [9.17, 15) is 9.59 Å². The topological polar surface area (TPSA) is 75.6 Å². The van der Waals surface area contributed by atoms with E-state index in [1.807, 2.05) is 20.8 Å². The van der Waals surface area contributed by atoms with Gasteiger partial charge in [-0.25, -0.2) is 0 Å². The molecule has 5 heteroatoms. The molecule has 2 N–H and O–H groups in total. The lowest BCUT2D eigenvalue weighted by Gasteiger charge is -2.29. The van der Waals surface area contributed by atoms with E-state index < -0.39 is 11.0 Å². The maximum Gasteiger partial charge on any atom is 0.311 e. The number of amides is 1. The van der Waals surface area contributed by atoms with Gasteiger partial charge in [0, 0.05) is 19.1 Å². The molecule has 0 aromatic heterocycles. The summed E-state index contributed by atoms with van der Waals surface area (Å²) >= 11 is 0. The van der Waals surface area contributed by atoms with Crippen molar-refractivity contribution in [2.75, 3.05) is 13.7 Å². The maximum absolute atomic E-state index is 12.5. The van der Waals surface area contributed by atoms with Crippen molar-refractivity contribution in [3.05, 3.63) is 11.6 Å². The van der Waals surface area contributed by atoms with Crippen LogP contribution in [0.1, 0.15) is 114 Å². The molecule has 1 fully saturated rings. The van der Waals surface area contributed by atoms with Crippen LogP contribution in [0.3, 0.4) is 0 Å². The van der Waals surface area contributed by atoms with Gasteiger partial charge in [0.2, 0.25) is 5.91 Å². The number of carbonyl (C=O) groups is 2. The van der Waals surface area contributed by atoms with Crippen LogP contribution in [0.15, 0.2) is 11.6 Å². The Kier molecular flexibility index (Phi) is 17.6. The van der Waals surface area contributed by atoms with Crippen molar-refractivity contribution >= 4 is 11.9 Å². The highest BCUT2D eigenvalue weighted by Crippen LogP contribution is 2.31. The number of rotatable bonds is 10. The first-order chi connectivity index (χ1) is 15.3. The van der Waals surface area contributed by atoms with Crippen LogP contribution in [-0.4, -0.2) is 36.2 Å². The Labute approximate surface area is 205 Å². The molecular weight excluding hydrogens is 414 g/mol. The van der Waals surface area contributed by atoms with Gasteiger partial charge in [-0.15, -0.1) is 0 Å². The summed E-state index contributed by atoms with van der Waals surface area (Å²) in [6.45, 7) is 21.2. The van der Waals surface area contributed by atoms with Crippen molar-refractivity contribution in [3.8, 4) is 0 Å². The molecule has 0 aromatic carbocycles. The Morgan fingerprint density at radius 1 is 1.15 bits per heavy atom. The lowest BCUT2D eigenvalue weighted by atomic mass is 9.89. The van der Waals surface area contributed by atoms with E-state index in [2.05, 4.69) is 59.9 Å². The number of hydrogen-bond donors (Lipinski definition) is 2. The van der Waals surface area contributed by atoms with E-state index in [0.29, 0.717) is 12.3 Å². The molecule has 5 nitrogen and oxygen atoms in total. The minimum atomic E-state index is -0.528. The average Bonchev–Trinajstić information content (AvgIpc) is 3.01. The second kappa shape index (κ2) is 17.1. The van der Waals surface area contributed by atoms with Gasteiger partial charge in [0.15, 0.2) is 0 Å². The fourth-order valence-electron chi connectivity index (χ4n) is 3.83. The van der Waals surface area contributed by atoms with Crippen molar-refractivity contribution in [2.45, 2.75) is 120 Å². The first-order valence-electron chi connectivity index (χ1n) is 12.9. The van der Waals surface area contributed by atoms with Crippen LogP contribution in [0.5, 0.6) is 0 Å². The van der Waals surface area contributed by atoms with Crippen LogP contribution in [0, 0.1) is 23.2 Å². The normalized spacial score (nSPS) is 20.1. The smallest absolute Gasteiger partial charge is 0.311 e. The minimum Gasteiger partial charge on any atom is -0.463 e. The third-order valence-corrected chi connectivity index (χ3v) is 5.37. The summed E-state index contributed by atoms with van der Waals surface area (Å²) in [7, 11) is 1.00. The van der Waals surface area contributed by atoms with Crippen molar-refractivity contribution in [1.82, 2.24) is 5.32 Å². The van der Waals surface area contributed by atoms with Crippen LogP contribution in [0.4, 0.5) is 0 Å². The summed E-state index contributed by atoms with van der Waals surface area (Å²) in [5.41, 5.74) is -0.115. The highest BCUT2D eigenvalue weighted by atomic mass is 16.5. The standard InChI is InChI=1S/C23H41NO3.C4H10.CH4O/c1-8-13-23(16-27-21(26)22(5,6)7)15-19(20(25)24-23)12-10-11-18(9-2)14-17(3)4;1-4(2)3;1-2/h12,17-18H,8-11,13-16H2,1-7H3,(H,24,25);4H,1-3H3;2H,1H3/b19-12+;;. The highest BCUT2D eigenvalue weighted by Gasteiger charge is 2.41. The summed E-state index contributed by atoms with van der Waals surface area (Å²) in [6, 6.07) is 0. The summed E-state index contributed by atoms with van der Waals surface area (Å²) in [6.07, 6.45) is 9.03. The highest BCUT2D eigenvalue weighted by molar-refractivity contribution is 5.96. The molecule has 0 aliphatic carbocycles. The molecule has 33 heavy (non-hydrogen) atoms. The average molecular weight is 470 g/mol. The van der Waals surface area contributed by atoms with Crippen molar-refractivity contribution in [1.29, 1.82) is 0 Å². The number of allylic oxidation sites excluding steroid dienone is 1. The molecule has 0 spiro atoms. The molecule has 2 unspecified atom stereocenters. The zero-order valence-electron chi connectivity index (χ0n) is 23.6. The number of carbonyl (C=O) groups excluding carboxylic acids is 2. The molecule has 1 rings (SSSR count). The van der Waals surface area contributed by atoms with Gasteiger partial charge in [-0.2, -0.15) is 0 Å². The fraction of sp³-hybridized carbons (Fsp3) is 0.857. The minimum absolute atomic E-state index is 0.00663. The van der Waals surface area contributed by atoms with E-state index in [4.69, 9.17) is 9.84 Å². The van der Waals surface area contributed by atoms with Gasteiger partial charge in [-0.1, -0.05) is 67.4 Å². The van der Waals surface area contributed by atoms with Gasteiger partial charge in [-0.05, 0) is 64.2 Å². The number of ether oxygens (including phenoxy) is 1. The third kappa shape index (κ3) is 15.2. The fourth-order valence-corrected chi connectivity index (χ4v) is 3.83. The number of nitrogens with one attached hydrogen (secondary N) is 1. The lowest BCUT2D eigenvalue weighted by molar-refractivity contribution is -0.155. The van der Waals surface area contributed by atoms with E-state index in [1.54, 1.807) is 0 Å². The number of aliphatic hydroxyl groups is 1. The molecule has 0 radical (unpaired) electrons. The van der Waals surface area contributed by atoms with Crippen LogP contribution in [0.2, 0.25) is 0 Å².